The van der Waals surface area contributed by atoms with Gasteiger partial charge in [-0.05, 0) is 63.6 Å². The molecule has 0 radical (unpaired) electrons. The van der Waals surface area contributed by atoms with Crippen molar-refractivity contribution >= 4 is 56.7 Å². The van der Waals surface area contributed by atoms with E-state index in [-0.39, 0.29) is 28.1 Å². The Balaban J connectivity index is 1.81. The number of phenolic OH excluding ortho intramolecular Hbond substituents is 1. The maximum Gasteiger partial charge on any atom is 0.260 e. The number of nitrogens with one attached hydrogen (secondary N) is 1. The molecule has 3 rings (SSSR count). The summed E-state index contributed by atoms with van der Waals surface area (Å²) in [5.74, 6) is -0.155. The minimum absolute atomic E-state index is 0.0156. The summed E-state index contributed by atoms with van der Waals surface area (Å²) in [6.45, 7) is 6.53. The second kappa shape index (κ2) is 11.2. The van der Waals surface area contributed by atoms with Crippen LogP contribution in [0.2, 0.25) is 0 Å². The third-order valence-corrected chi connectivity index (χ3v) is 8.24. The fourth-order valence-corrected chi connectivity index (χ4v) is 6.10. The summed E-state index contributed by atoms with van der Waals surface area (Å²) in [6, 6.07) is 8.62. The number of nitrogens with zero attached hydrogens (tertiary/aromatic N) is 2. The molecule has 0 aliphatic carbocycles. The zero-order chi connectivity index (χ0) is 24.9. The number of carbonyl (C=O) groups excluding carboxylic acids is 2. The van der Waals surface area contributed by atoms with Gasteiger partial charge in [0.2, 0.25) is 5.91 Å². The second-order valence-electron chi connectivity index (χ2n) is 8.54. The predicted octanol–water partition coefficient (Wildman–Crippen LogP) is 5.83. The van der Waals surface area contributed by atoms with Crippen LogP contribution in [0.4, 0.5) is 17.1 Å². The molecule has 34 heavy (non-hydrogen) atoms. The molecule has 9 heteroatoms. The van der Waals surface area contributed by atoms with E-state index in [0.717, 1.165) is 24.1 Å². The highest BCUT2D eigenvalue weighted by molar-refractivity contribution is 8.76. The van der Waals surface area contributed by atoms with Crippen molar-refractivity contribution in [1.29, 1.82) is 0 Å². The minimum Gasteiger partial charge on any atom is -0.504 e. The molecule has 0 spiro atoms. The molecule has 0 bridgehead atoms. The van der Waals surface area contributed by atoms with Gasteiger partial charge in [-0.25, -0.2) is 0 Å². The van der Waals surface area contributed by atoms with E-state index in [9.17, 15) is 14.7 Å². The number of amides is 2. The van der Waals surface area contributed by atoms with Gasteiger partial charge in [0.1, 0.15) is 0 Å². The van der Waals surface area contributed by atoms with Gasteiger partial charge in [0.05, 0.1) is 18.4 Å². The van der Waals surface area contributed by atoms with Crippen LogP contribution in [0.15, 0.2) is 35.3 Å². The van der Waals surface area contributed by atoms with Gasteiger partial charge in [0, 0.05) is 41.4 Å². The first-order chi connectivity index (χ1) is 16.2. The summed E-state index contributed by atoms with van der Waals surface area (Å²) < 4.78 is 5.22. The van der Waals surface area contributed by atoms with E-state index >= 15 is 0 Å². The Morgan fingerprint density at radius 2 is 2.06 bits per heavy atom. The first-order valence-corrected chi connectivity index (χ1v) is 13.6. The van der Waals surface area contributed by atoms with Crippen LogP contribution in [-0.4, -0.2) is 47.8 Å². The number of hydrogen-bond acceptors (Lipinski definition) is 7. The second-order valence-corrected chi connectivity index (χ2v) is 11.6. The first kappa shape index (κ1) is 26.0. The number of rotatable bonds is 9. The van der Waals surface area contributed by atoms with Crippen LogP contribution in [0.3, 0.4) is 0 Å². The Morgan fingerprint density at radius 3 is 2.74 bits per heavy atom. The largest absolute Gasteiger partial charge is 0.504 e. The van der Waals surface area contributed by atoms with Gasteiger partial charge < -0.3 is 20.1 Å². The van der Waals surface area contributed by atoms with Crippen molar-refractivity contribution < 1.29 is 19.4 Å². The highest BCUT2D eigenvalue weighted by Crippen LogP contribution is 2.39. The number of carbonyl (C=O) groups is 2. The molecule has 1 heterocycles. The van der Waals surface area contributed by atoms with Gasteiger partial charge in [-0.2, -0.15) is 0 Å². The number of hydrogen-bond donors (Lipinski definition) is 2. The molecule has 1 aliphatic heterocycles. The number of ether oxygens (including phenoxy) is 1. The summed E-state index contributed by atoms with van der Waals surface area (Å²) in [5, 5.41) is 13.1. The lowest BCUT2D eigenvalue weighted by molar-refractivity contribution is -0.116. The highest BCUT2D eigenvalue weighted by Gasteiger charge is 2.29. The normalized spacial score (nSPS) is 13.3. The fourth-order valence-electron chi connectivity index (χ4n) is 3.86. The van der Waals surface area contributed by atoms with Crippen LogP contribution in [0.25, 0.3) is 0 Å². The zero-order valence-corrected chi connectivity index (χ0v) is 21.8. The lowest BCUT2D eigenvalue weighted by Gasteiger charge is -2.22. The molecule has 2 aromatic carbocycles. The third-order valence-electron chi connectivity index (χ3n) is 5.57. The Kier molecular flexibility index (Phi) is 8.54. The van der Waals surface area contributed by atoms with E-state index in [1.54, 1.807) is 39.6 Å². The minimum atomic E-state index is -0.239. The van der Waals surface area contributed by atoms with Gasteiger partial charge in [0.15, 0.2) is 11.5 Å². The molecule has 7 nitrogen and oxygen atoms in total. The van der Waals surface area contributed by atoms with Gasteiger partial charge in [0.25, 0.3) is 5.91 Å². The summed E-state index contributed by atoms with van der Waals surface area (Å²) in [7, 11) is 4.91. The lowest BCUT2D eigenvalue weighted by atomic mass is 10.1. The van der Waals surface area contributed by atoms with E-state index in [4.69, 9.17) is 4.74 Å². The van der Waals surface area contributed by atoms with E-state index in [1.807, 2.05) is 24.5 Å². The van der Waals surface area contributed by atoms with Crippen molar-refractivity contribution in [2.24, 2.45) is 4.99 Å². The molecule has 1 aliphatic rings. The first-order valence-electron chi connectivity index (χ1n) is 11.0. The number of fused-ring (bicyclic) bond motifs is 1. The summed E-state index contributed by atoms with van der Waals surface area (Å²) >= 11 is 0. The summed E-state index contributed by atoms with van der Waals surface area (Å²) in [6.07, 6.45) is 5.52. The molecule has 0 saturated carbocycles. The summed E-state index contributed by atoms with van der Waals surface area (Å²) in [4.78, 5) is 32.0. The number of anilines is 2. The molecule has 2 aromatic rings. The average Bonchev–Trinajstić information content (AvgIpc) is 3.21. The van der Waals surface area contributed by atoms with Crippen LogP contribution in [0, 0.1) is 0 Å². The van der Waals surface area contributed by atoms with Crippen LogP contribution in [0.5, 0.6) is 11.5 Å². The van der Waals surface area contributed by atoms with E-state index in [1.165, 1.54) is 19.2 Å². The molecule has 0 unspecified atom stereocenters. The highest BCUT2D eigenvalue weighted by atomic mass is 33.1. The van der Waals surface area contributed by atoms with Crippen molar-refractivity contribution in [2.75, 3.05) is 30.1 Å². The van der Waals surface area contributed by atoms with Gasteiger partial charge in [-0.3, -0.25) is 14.6 Å². The van der Waals surface area contributed by atoms with Crippen molar-refractivity contribution in [3.05, 3.63) is 41.5 Å². The molecule has 2 amide bonds. The quantitative estimate of drug-likeness (QED) is 0.332. The van der Waals surface area contributed by atoms with E-state index < -0.39 is 0 Å². The molecule has 0 saturated heterocycles. The Bertz CT molecular complexity index is 1100. The molecule has 0 aromatic heterocycles. The smallest absolute Gasteiger partial charge is 0.260 e. The third kappa shape index (κ3) is 6.07. The standard InChI is InChI=1S/C25H31N3O4S2/c1-6-26-19-15-21(29)22(32-4)14-18(19)24(31)28-12-10-16-7-8-17(13-20(16)28)27-23(30)9-11-25(2,3)34-33-5/h6-8,13-15,29H,9-12H2,1-5H3,(H,27,30). The molecule has 0 atom stereocenters. The molecule has 2 N–H and O–H groups in total. The summed E-state index contributed by atoms with van der Waals surface area (Å²) in [5.41, 5.74) is 3.17. The van der Waals surface area contributed by atoms with Crippen LogP contribution in [0.1, 0.15) is 49.5 Å². The predicted molar refractivity (Wildman–Crippen MR) is 143 cm³/mol. The van der Waals surface area contributed by atoms with Gasteiger partial charge >= 0.3 is 0 Å². The Morgan fingerprint density at radius 1 is 1.29 bits per heavy atom. The van der Waals surface area contributed by atoms with Crippen molar-refractivity contribution in [3.63, 3.8) is 0 Å². The number of aromatic hydroxyl groups is 1. The van der Waals surface area contributed by atoms with Crippen LogP contribution < -0.4 is 15.0 Å². The molecule has 0 fully saturated rings. The average molecular weight is 502 g/mol. The molecular formula is C25H31N3O4S2. The van der Waals surface area contributed by atoms with Crippen molar-refractivity contribution in [3.8, 4) is 11.5 Å². The van der Waals surface area contributed by atoms with Crippen molar-refractivity contribution in [2.45, 2.75) is 44.8 Å². The number of aliphatic imine (C=N–C) groups is 1. The van der Waals surface area contributed by atoms with Gasteiger partial charge in [-0.1, -0.05) is 27.7 Å². The van der Waals surface area contributed by atoms with Crippen LogP contribution >= 0.6 is 21.6 Å². The maximum absolute atomic E-state index is 13.5. The SMILES string of the molecule is CC=Nc1cc(O)c(OC)cc1C(=O)N1CCc2ccc(NC(=O)CCC(C)(C)SSC)cc21. The number of phenols is 1. The molecule has 182 valence electrons. The maximum atomic E-state index is 13.5. The molecular weight excluding hydrogens is 470 g/mol. The fraction of sp³-hybridized carbons (Fsp3) is 0.400. The van der Waals surface area contributed by atoms with Crippen molar-refractivity contribution in [1.82, 2.24) is 0 Å². The van der Waals surface area contributed by atoms with Gasteiger partial charge in [-0.15, -0.1) is 0 Å². The monoisotopic (exact) mass is 501 g/mol. The van der Waals surface area contributed by atoms with E-state index in [0.29, 0.717) is 29.9 Å². The number of methoxy groups -OCH3 is 1. The lowest BCUT2D eigenvalue weighted by Crippen LogP contribution is -2.29. The number of benzene rings is 2. The van der Waals surface area contributed by atoms with Crippen LogP contribution in [-0.2, 0) is 11.2 Å². The Labute approximate surface area is 208 Å². The topological polar surface area (TPSA) is 91.2 Å². The Hall–Kier alpha value is -2.65. The van der Waals surface area contributed by atoms with E-state index in [2.05, 4.69) is 24.2 Å². The zero-order valence-electron chi connectivity index (χ0n) is 20.2.